The lowest BCUT2D eigenvalue weighted by Crippen LogP contribution is -2.51. The monoisotopic (exact) mass is 478 g/mol. The molecule has 0 unspecified atom stereocenters. The van der Waals surface area contributed by atoms with Crippen molar-refractivity contribution in [2.75, 3.05) is 57.9 Å². The fraction of sp³-hybridized carbons (Fsp3) is 0.391. The van der Waals surface area contributed by atoms with Gasteiger partial charge in [0.1, 0.15) is 5.82 Å². The highest BCUT2D eigenvalue weighted by atomic mass is 35.5. The van der Waals surface area contributed by atoms with Gasteiger partial charge in [-0.1, -0.05) is 29.8 Å². The second-order valence-corrected chi connectivity index (χ2v) is 9.03. The molecule has 1 saturated heterocycles. The van der Waals surface area contributed by atoms with Gasteiger partial charge in [0, 0.05) is 48.2 Å². The van der Waals surface area contributed by atoms with E-state index in [9.17, 15) is 14.0 Å². The van der Waals surface area contributed by atoms with Gasteiger partial charge in [-0.05, 0) is 37.6 Å². The zero-order valence-corrected chi connectivity index (χ0v) is 19.9. The highest BCUT2D eigenvalue weighted by molar-refractivity contribution is 7.98. The van der Waals surface area contributed by atoms with Crippen molar-refractivity contribution in [2.24, 2.45) is 0 Å². The van der Waals surface area contributed by atoms with Crippen molar-refractivity contribution in [1.82, 2.24) is 14.7 Å². The number of para-hydroxylation sites is 1. The van der Waals surface area contributed by atoms with E-state index in [0.717, 1.165) is 10.6 Å². The molecule has 1 aliphatic rings. The zero-order valence-electron chi connectivity index (χ0n) is 18.3. The molecule has 0 aromatic heterocycles. The predicted octanol–water partition coefficient (Wildman–Crippen LogP) is 3.42. The number of nitrogens with zero attached hydrogens (tertiary/aromatic N) is 3. The molecule has 32 heavy (non-hydrogen) atoms. The maximum Gasteiger partial charge on any atom is 0.238 e. The van der Waals surface area contributed by atoms with Crippen molar-refractivity contribution >= 4 is 40.9 Å². The third-order valence-electron chi connectivity index (χ3n) is 5.37. The number of nitrogens with one attached hydrogen (secondary N) is 1. The number of amides is 2. The molecule has 0 aliphatic carbocycles. The van der Waals surface area contributed by atoms with Crippen LogP contribution in [0.5, 0.6) is 0 Å². The van der Waals surface area contributed by atoms with Gasteiger partial charge in [-0.2, -0.15) is 0 Å². The molecular weight excluding hydrogens is 451 g/mol. The molecule has 9 heteroatoms. The Morgan fingerprint density at radius 3 is 2.50 bits per heavy atom. The first-order valence-electron chi connectivity index (χ1n) is 10.4. The molecule has 0 spiro atoms. The molecule has 6 nitrogen and oxygen atoms in total. The lowest BCUT2D eigenvalue weighted by molar-refractivity contribution is -0.134. The summed E-state index contributed by atoms with van der Waals surface area (Å²) in [6, 6.07) is 12.3. The number of hydrogen-bond acceptors (Lipinski definition) is 5. The van der Waals surface area contributed by atoms with Crippen LogP contribution in [-0.2, 0) is 16.1 Å². The molecule has 2 aromatic carbocycles. The molecule has 0 bridgehead atoms. The van der Waals surface area contributed by atoms with Gasteiger partial charge in [-0.3, -0.25) is 19.4 Å². The predicted molar refractivity (Wildman–Crippen MR) is 128 cm³/mol. The second kappa shape index (κ2) is 11.7. The van der Waals surface area contributed by atoms with Crippen LogP contribution < -0.4 is 5.32 Å². The first kappa shape index (κ1) is 24.5. The molecule has 0 radical (unpaired) electrons. The Bertz CT molecular complexity index is 933. The molecule has 2 amide bonds. The molecule has 0 atom stereocenters. The van der Waals surface area contributed by atoms with Crippen LogP contribution in [0.3, 0.4) is 0 Å². The van der Waals surface area contributed by atoms with Crippen LogP contribution in [0.4, 0.5) is 10.1 Å². The summed E-state index contributed by atoms with van der Waals surface area (Å²) in [5.74, 6) is -0.488. The normalized spacial score (nSPS) is 14.6. The highest BCUT2D eigenvalue weighted by Crippen LogP contribution is 2.24. The first-order chi connectivity index (χ1) is 15.4. The van der Waals surface area contributed by atoms with Gasteiger partial charge in [-0.15, -0.1) is 11.8 Å². The van der Waals surface area contributed by atoms with Gasteiger partial charge in [0.2, 0.25) is 11.8 Å². The third kappa shape index (κ3) is 6.68. The quantitative estimate of drug-likeness (QED) is 0.589. The van der Waals surface area contributed by atoms with Crippen molar-refractivity contribution in [2.45, 2.75) is 11.4 Å². The van der Waals surface area contributed by atoms with Gasteiger partial charge in [0.05, 0.1) is 18.8 Å². The van der Waals surface area contributed by atoms with Gasteiger partial charge in [0.15, 0.2) is 0 Å². The number of likely N-dealkylation sites (N-methyl/N-ethyl adjacent to an activating group) is 1. The van der Waals surface area contributed by atoms with Gasteiger partial charge in [-0.25, -0.2) is 4.39 Å². The van der Waals surface area contributed by atoms with E-state index < -0.39 is 0 Å². The third-order valence-corrected chi connectivity index (χ3v) is 6.52. The summed E-state index contributed by atoms with van der Waals surface area (Å²) in [5, 5.41) is 3.33. The average Bonchev–Trinajstić information content (AvgIpc) is 2.77. The lowest BCUT2D eigenvalue weighted by atomic mass is 10.2. The van der Waals surface area contributed by atoms with E-state index in [4.69, 9.17) is 11.6 Å². The van der Waals surface area contributed by atoms with Crippen molar-refractivity contribution < 1.29 is 14.0 Å². The second-order valence-electron chi connectivity index (χ2n) is 7.78. The van der Waals surface area contributed by atoms with Crippen molar-refractivity contribution in [1.29, 1.82) is 0 Å². The summed E-state index contributed by atoms with van der Waals surface area (Å²) in [7, 11) is 1.76. The maximum absolute atomic E-state index is 14.0. The summed E-state index contributed by atoms with van der Waals surface area (Å²) in [6.45, 7) is 3.12. The smallest absolute Gasteiger partial charge is 0.238 e. The van der Waals surface area contributed by atoms with Crippen molar-refractivity contribution in [3.63, 3.8) is 0 Å². The fourth-order valence-corrected chi connectivity index (χ4v) is 4.41. The van der Waals surface area contributed by atoms with Crippen LogP contribution in [0.1, 0.15) is 5.56 Å². The van der Waals surface area contributed by atoms with Crippen LogP contribution in [0, 0.1) is 5.82 Å². The summed E-state index contributed by atoms with van der Waals surface area (Å²) < 4.78 is 14.0. The van der Waals surface area contributed by atoms with Gasteiger partial charge < -0.3 is 10.2 Å². The summed E-state index contributed by atoms with van der Waals surface area (Å²) in [4.78, 5) is 31.6. The van der Waals surface area contributed by atoms with E-state index in [1.54, 1.807) is 40.7 Å². The summed E-state index contributed by atoms with van der Waals surface area (Å²) in [5.41, 5.74) is 1.26. The van der Waals surface area contributed by atoms with E-state index in [1.165, 1.54) is 6.07 Å². The number of carbonyl (C=O) groups is 2. The van der Waals surface area contributed by atoms with Crippen LogP contribution in [0.15, 0.2) is 47.4 Å². The van der Waals surface area contributed by atoms with Crippen molar-refractivity contribution in [3.8, 4) is 0 Å². The molecule has 1 N–H and O–H groups in total. The molecule has 1 aliphatic heterocycles. The largest absolute Gasteiger partial charge is 0.339 e. The summed E-state index contributed by atoms with van der Waals surface area (Å²) >= 11 is 7.69. The number of carbonyl (C=O) groups excluding carboxylic acids is 2. The van der Waals surface area contributed by atoms with Gasteiger partial charge in [0.25, 0.3) is 0 Å². The van der Waals surface area contributed by atoms with Crippen LogP contribution >= 0.6 is 23.4 Å². The van der Waals surface area contributed by atoms with Crippen LogP contribution in [-0.4, -0.2) is 79.1 Å². The average molecular weight is 479 g/mol. The molecule has 172 valence electrons. The minimum Gasteiger partial charge on any atom is -0.339 e. The number of piperazine rings is 1. The van der Waals surface area contributed by atoms with Crippen LogP contribution in [0.25, 0.3) is 0 Å². The van der Waals surface area contributed by atoms with Crippen molar-refractivity contribution in [3.05, 3.63) is 58.9 Å². The molecule has 1 heterocycles. The molecule has 1 fully saturated rings. The van der Waals surface area contributed by atoms with E-state index >= 15 is 0 Å². The minimum absolute atomic E-state index is 0.0200. The van der Waals surface area contributed by atoms with E-state index in [1.807, 2.05) is 30.5 Å². The maximum atomic E-state index is 14.0. The SMILES string of the molecule is CSc1ccccc1NC(=O)CN(C)CC(=O)N1CCN(Cc2c(F)cccc2Cl)CC1. The molecule has 3 rings (SSSR count). The topological polar surface area (TPSA) is 55.9 Å². The highest BCUT2D eigenvalue weighted by Gasteiger charge is 2.23. The lowest BCUT2D eigenvalue weighted by Gasteiger charge is -2.35. The van der Waals surface area contributed by atoms with E-state index in [0.29, 0.717) is 43.3 Å². The van der Waals surface area contributed by atoms with Crippen LogP contribution in [0.2, 0.25) is 5.02 Å². The number of hydrogen-bond donors (Lipinski definition) is 1. The Labute approximate surface area is 197 Å². The molecule has 0 saturated carbocycles. The Balaban J connectivity index is 1.43. The van der Waals surface area contributed by atoms with E-state index in [-0.39, 0.29) is 30.7 Å². The standard InChI is InChI=1S/C23H28ClFN4O2S/c1-27(15-22(30)26-20-8-3-4-9-21(20)32-2)16-23(31)29-12-10-28(11-13-29)14-17-18(24)6-5-7-19(17)25/h3-9H,10-16H2,1-2H3,(H,26,30). The fourth-order valence-electron chi connectivity index (χ4n) is 3.63. The Morgan fingerprint density at radius 2 is 1.81 bits per heavy atom. The Morgan fingerprint density at radius 1 is 1.09 bits per heavy atom. The van der Waals surface area contributed by atoms with E-state index in [2.05, 4.69) is 10.2 Å². The minimum atomic E-state index is -0.309. The zero-order chi connectivity index (χ0) is 23.1. The number of halogens is 2. The Kier molecular flexibility index (Phi) is 8.92. The number of benzene rings is 2. The number of rotatable bonds is 8. The number of anilines is 1. The summed E-state index contributed by atoms with van der Waals surface area (Å²) in [6.07, 6.45) is 1.96. The first-order valence-corrected chi connectivity index (χ1v) is 12.0. The Hall–Kier alpha value is -2.13. The molecular formula is C23H28ClFN4O2S. The van der Waals surface area contributed by atoms with Gasteiger partial charge >= 0.3 is 0 Å². The number of thioether (sulfide) groups is 1. The molecule has 2 aromatic rings.